The summed E-state index contributed by atoms with van der Waals surface area (Å²) in [5.74, 6) is 0.482. The fourth-order valence-corrected chi connectivity index (χ4v) is 4.80. The molecule has 1 aliphatic carbocycles. The van der Waals surface area contributed by atoms with Crippen LogP contribution in [0.25, 0.3) is 9.40 Å². The van der Waals surface area contributed by atoms with Gasteiger partial charge >= 0.3 is 0 Å². The van der Waals surface area contributed by atoms with E-state index in [0.717, 1.165) is 17.7 Å². The van der Waals surface area contributed by atoms with E-state index in [2.05, 4.69) is 16.8 Å². The van der Waals surface area contributed by atoms with Crippen molar-refractivity contribution in [1.29, 1.82) is 0 Å². The smallest absolute Gasteiger partial charge is 0.261 e. The Labute approximate surface area is 119 Å². The SMILES string of the molecule is O=C(NCC1CCCC1Cl)c1cc2sccc2s1. The Balaban J connectivity index is 1.62. The zero-order valence-electron chi connectivity index (χ0n) is 9.82. The molecule has 1 saturated carbocycles. The van der Waals surface area contributed by atoms with Crippen LogP contribution < -0.4 is 5.32 Å². The number of thiophene rings is 2. The van der Waals surface area contributed by atoms with Gasteiger partial charge < -0.3 is 5.32 Å². The van der Waals surface area contributed by atoms with Crippen molar-refractivity contribution in [1.82, 2.24) is 5.32 Å². The van der Waals surface area contributed by atoms with Crippen molar-refractivity contribution in [2.45, 2.75) is 24.6 Å². The van der Waals surface area contributed by atoms with E-state index in [4.69, 9.17) is 11.6 Å². The van der Waals surface area contributed by atoms with E-state index in [1.54, 1.807) is 22.7 Å². The Hall–Kier alpha value is -0.580. The molecule has 0 spiro atoms. The summed E-state index contributed by atoms with van der Waals surface area (Å²) in [5.41, 5.74) is 0. The Morgan fingerprint density at radius 3 is 3.06 bits per heavy atom. The lowest BCUT2D eigenvalue weighted by atomic mass is 10.1. The molecule has 96 valence electrons. The summed E-state index contributed by atoms with van der Waals surface area (Å²) >= 11 is 9.45. The molecule has 1 fully saturated rings. The first-order chi connectivity index (χ1) is 8.74. The number of amides is 1. The highest BCUT2D eigenvalue weighted by Gasteiger charge is 2.25. The first-order valence-electron chi connectivity index (χ1n) is 6.13. The van der Waals surface area contributed by atoms with Crippen LogP contribution in [0.1, 0.15) is 28.9 Å². The van der Waals surface area contributed by atoms with E-state index < -0.39 is 0 Å². The third-order valence-electron chi connectivity index (χ3n) is 3.45. The van der Waals surface area contributed by atoms with Crippen LogP contribution >= 0.6 is 34.3 Å². The fraction of sp³-hybridized carbons (Fsp3) is 0.462. The maximum Gasteiger partial charge on any atom is 0.261 e. The number of halogens is 1. The zero-order valence-corrected chi connectivity index (χ0v) is 12.2. The molecule has 18 heavy (non-hydrogen) atoms. The molecule has 2 aromatic heterocycles. The molecule has 0 aliphatic heterocycles. The normalized spacial score (nSPS) is 23.6. The molecular weight excluding hydrogens is 286 g/mol. The quantitative estimate of drug-likeness (QED) is 0.849. The van der Waals surface area contributed by atoms with Crippen LogP contribution in [0, 0.1) is 5.92 Å². The third-order valence-corrected chi connectivity index (χ3v) is 6.12. The Bertz CT molecular complexity index is 534. The van der Waals surface area contributed by atoms with Crippen LogP contribution in [0.2, 0.25) is 0 Å². The highest BCUT2D eigenvalue weighted by atomic mass is 35.5. The number of alkyl halides is 1. The van der Waals surface area contributed by atoms with Crippen molar-refractivity contribution in [3.63, 3.8) is 0 Å². The summed E-state index contributed by atoms with van der Waals surface area (Å²) in [6.45, 7) is 0.707. The molecule has 1 amide bonds. The second-order valence-corrected chi connectivity index (χ2v) is 7.27. The summed E-state index contributed by atoms with van der Waals surface area (Å²) in [4.78, 5) is 12.8. The van der Waals surface area contributed by atoms with Gasteiger partial charge in [-0.2, -0.15) is 0 Å². The molecule has 2 nitrogen and oxygen atoms in total. The lowest BCUT2D eigenvalue weighted by Gasteiger charge is -2.13. The number of rotatable bonds is 3. The molecule has 0 radical (unpaired) electrons. The molecule has 5 heteroatoms. The van der Waals surface area contributed by atoms with E-state index >= 15 is 0 Å². The minimum Gasteiger partial charge on any atom is -0.351 e. The number of hydrogen-bond acceptors (Lipinski definition) is 3. The third kappa shape index (κ3) is 2.42. The van der Waals surface area contributed by atoms with Gasteiger partial charge in [0.15, 0.2) is 0 Å². The highest BCUT2D eigenvalue weighted by molar-refractivity contribution is 7.27. The van der Waals surface area contributed by atoms with Crippen molar-refractivity contribution in [2.75, 3.05) is 6.54 Å². The van der Waals surface area contributed by atoms with Gasteiger partial charge in [0, 0.05) is 21.3 Å². The van der Waals surface area contributed by atoms with E-state index in [-0.39, 0.29) is 11.3 Å². The van der Waals surface area contributed by atoms with Crippen molar-refractivity contribution >= 4 is 49.6 Å². The maximum absolute atomic E-state index is 12.0. The minimum absolute atomic E-state index is 0.0409. The summed E-state index contributed by atoms with van der Waals surface area (Å²) < 4.78 is 2.39. The van der Waals surface area contributed by atoms with Crippen LogP contribution in [-0.2, 0) is 0 Å². The van der Waals surface area contributed by atoms with Crippen molar-refractivity contribution in [3.8, 4) is 0 Å². The zero-order chi connectivity index (χ0) is 12.5. The Morgan fingerprint density at radius 1 is 1.44 bits per heavy atom. The van der Waals surface area contributed by atoms with Crippen LogP contribution in [-0.4, -0.2) is 17.8 Å². The van der Waals surface area contributed by atoms with Crippen molar-refractivity contribution < 1.29 is 4.79 Å². The van der Waals surface area contributed by atoms with Gasteiger partial charge in [-0.1, -0.05) is 6.42 Å². The number of hydrogen-bond donors (Lipinski definition) is 1. The van der Waals surface area contributed by atoms with Gasteiger partial charge in [-0.25, -0.2) is 0 Å². The molecule has 0 aromatic carbocycles. The van der Waals surface area contributed by atoms with Crippen LogP contribution in [0.5, 0.6) is 0 Å². The molecule has 3 rings (SSSR count). The van der Waals surface area contributed by atoms with Gasteiger partial charge in [0.2, 0.25) is 0 Å². The topological polar surface area (TPSA) is 29.1 Å². The van der Waals surface area contributed by atoms with Crippen LogP contribution in [0.4, 0.5) is 0 Å². The largest absolute Gasteiger partial charge is 0.351 e. The second-order valence-electron chi connectivity index (χ2n) is 4.68. The van der Waals surface area contributed by atoms with Gasteiger partial charge in [-0.3, -0.25) is 4.79 Å². The van der Waals surface area contributed by atoms with Gasteiger partial charge in [0.1, 0.15) is 0 Å². The fourth-order valence-electron chi connectivity index (χ4n) is 2.41. The average molecular weight is 300 g/mol. The number of fused-ring (bicyclic) bond motifs is 1. The molecule has 2 unspecified atom stereocenters. The molecule has 2 atom stereocenters. The first-order valence-corrected chi connectivity index (χ1v) is 8.26. The Morgan fingerprint density at radius 2 is 2.33 bits per heavy atom. The number of carbonyl (C=O) groups excluding carboxylic acids is 1. The summed E-state index contributed by atoms with van der Waals surface area (Å²) in [6.07, 6.45) is 3.40. The maximum atomic E-state index is 12.0. The molecule has 1 N–H and O–H groups in total. The molecule has 0 saturated heterocycles. The van der Waals surface area contributed by atoms with Crippen molar-refractivity contribution in [2.24, 2.45) is 5.92 Å². The van der Waals surface area contributed by atoms with E-state index in [1.807, 2.05) is 6.07 Å². The van der Waals surface area contributed by atoms with Crippen LogP contribution in [0.3, 0.4) is 0 Å². The monoisotopic (exact) mass is 299 g/mol. The van der Waals surface area contributed by atoms with Crippen LogP contribution in [0.15, 0.2) is 17.5 Å². The number of nitrogens with one attached hydrogen (secondary N) is 1. The minimum atomic E-state index is 0.0409. The van der Waals surface area contributed by atoms with Gasteiger partial charge in [0.25, 0.3) is 5.91 Å². The second kappa shape index (κ2) is 5.19. The molecule has 2 heterocycles. The highest BCUT2D eigenvalue weighted by Crippen LogP contribution is 2.31. The summed E-state index contributed by atoms with van der Waals surface area (Å²) in [6, 6.07) is 4.04. The summed E-state index contributed by atoms with van der Waals surface area (Å²) in [5, 5.41) is 5.30. The lowest BCUT2D eigenvalue weighted by Crippen LogP contribution is -2.30. The number of carbonyl (C=O) groups is 1. The predicted molar refractivity (Wildman–Crippen MR) is 79.0 cm³/mol. The standard InChI is InChI=1S/C13H14ClNOS2/c14-9-3-1-2-8(9)7-15-13(16)12-6-11-10(18-12)4-5-17-11/h4-6,8-9H,1-3,7H2,(H,15,16). The van der Waals surface area contributed by atoms with Gasteiger partial charge in [-0.05, 0) is 36.3 Å². The first kappa shape index (κ1) is 12.5. The Kier molecular flexibility index (Phi) is 3.59. The van der Waals surface area contributed by atoms with E-state index in [0.29, 0.717) is 12.5 Å². The molecule has 2 aromatic rings. The lowest BCUT2D eigenvalue weighted by molar-refractivity contribution is 0.0952. The average Bonchev–Trinajstić information content (AvgIpc) is 3.00. The van der Waals surface area contributed by atoms with Gasteiger partial charge in [-0.15, -0.1) is 34.3 Å². The van der Waals surface area contributed by atoms with Crippen molar-refractivity contribution in [3.05, 3.63) is 22.4 Å². The van der Waals surface area contributed by atoms with E-state index in [1.165, 1.54) is 15.8 Å². The van der Waals surface area contributed by atoms with Gasteiger partial charge in [0.05, 0.1) is 4.88 Å². The summed E-state index contributed by atoms with van der Waals surface area (Å²) in [7, 11) is 0. The predicted octanol–water partition coefficient (Wildman–Crippen LogP) is 4.10. The molecule has 1 aliphatic rings. The molecule has 0 bridgehead atoms. The van der Waals surface area contributed by atoms with E-state index in [9.17, 15) is 4.79 Å². The molecular formula is C13H14ClNOS2.